The zero-order chi connectivity index (χ0) is 10.9. The Hall–Kier alpha value is -1.13. The third-order valence-corrected chi connectivity index (χ3v) is 3.93. The number of hydrogen-bond donors (Lipinski definition) is 1. The van der Waals surface area contributed by atoms with Crippen LogP contribution in [-0.4, -0.2) is 19.2 Å². The van der Waals surface area contributed by atoms with Crippen LogP contribution < -0.4 is 4.72 Å². The van der Waals surface area contributed by atoms with Gasteiger partial charge in [-0.05, 0) is 12.8 Å². The summed E-state index contributed by atoms with van der Waals surface area (Å²) in [5.41, 5.74) is 0.953. The summed E-state index contributed by atoms with van der Waals surface area (Å²) in [4.78, 5) is 4.16. The number of anilines is 1. The van der Waals surface area contributed by atoms with E-state index in [4.69, 9.17) is 5.26 Å². The minimum atomic E-state index is -3.54. The number of thiazole rings is 1. The van der Waals surface area contributed by atoms with Crippen molar-refractivity contribution in [1.82, 2.24) is 4.98 Å². The van der Waals surface area contributed by atoms with Crippen LogP contribution in [0.25, 0.3) is 0 Å². The van der Waals surface area contributed by atoms with E-state index in [1.54, 1.807) is 6.07 Å². The van der Waals surface area contributed by atoms with E-state index in [9.17, 15) is 8.42 Å². The molecule has 80 valence electrons. The fraction of sp³-hybridized carbons (Fsp3) is 0.500. The van der Waals surface area contributed by atoms with Crippen LogP contribution in [-0.2, 0) is 10.0 Å². The van der Waals surface area contributed by atoms with Crippen LogP contribution in [0.15, 0.2) is 5.38 Å². The highest BCUT2D eigenvalue weighted by Crippen LogP contribution is 2.40. The maximum Gasteiger partial charge on any atom is 0.247 e. The number of nitrogens with zero attached hydrogens (tertiary/aromatic N) is 2. The van der Waals surface area contributed by atoms with Crippen LogP contribution >= 0.6 is 11.3 Å². The quantitative estimate of drug-likeness (QED) is 0.863. The van der Waals surface area contributed by atoms with Crippen LogP contribution in [0.4, 0.5) is 5.13 Å². The van der Waals surface area contributed by atoms with Crippen molar-refractivity contribution >= 4 is 26.5 Å². The fourth-order valence-electron chi connectivity index (χ4n) is 1.15. The third-order valence-electron chi connectivity index (χ3n) is 2.01. The van der Waals surface area contributed by atoms with E-state index >= 15 is 0 Å². The molecule has 1 N–H and O–H groups in total. The molecule has 0 bridgehead atoms. The van der Waals surface area contributed by atoms with Crippen LogP contribution in [0.1, 0.15) is 24.5 Å². The van der Waals surface area contributed by atoms with Gasteiger partial charge in [0.25, 0.3) is 0 Å². The van der Waals surface area contributed by atoms with E-state index in [0.717, 1.165) is 18.5 Å². The lowest BCUT2D eigenvalue weighted by Gasteiger charge is -1.98. The molecule has 0 saturated heterocycles. The molecule has 7 heteroatoms. The molecule has 0 unspecified atom stereocenters. The van der Waals surface area contributed by atoms with Crippen LogP contribution in [0.5, 0.6) is 0 Å². The van der Waals surface area contributed by atoms with Gasteiger partial charge in [0, 0.05) is 11.3 Å². The first-order valence-electron chi connectivity index (χ1n) is 4.43. The molecule has 1 fully saturated rings. The van der Waals surface area contributed by atoms with Crippen LogP contribution in [0.3, 0.4) is 0 Å². The van der Waals surface area contributed by atoms with Gasteiger partial charge in [-0.1, -0.05) is 0 Å². The van der Waals surface area contributed by atoms with Gasteiger partial charge in [-0.15, -0.1) is 11.3 Å². The maximum atomic E-state index is 11.2. The smallest absolute Gasteiger partial charge is 0.247 e. The van der Waals surface area contributed by atoms with Gasteiger partial charge in [-0.25, -0.2) is 13.4 Å². The molecule has 0 radical (unpaired) electrons. The lowest BCUT2D eigenvalue weighted by atomic mass is 10.3. The summed E-state index contributed by atoms with van der Waals surface area (Å²) in [6.07, 6.45) is 2.27. The Morgan fingerprint density at radius 1 is 1.67 bits per heavy atom. The number of nitrogens with one attached hydrogen (secondary N) is 1. The normalized spacial score (nSPS) is 15.9. The Morgan fingerprint density at radius 2 is 2.40 bits per heavy atom. The molecule has 15 heavy (non-hydrogen) atoms. The van der Waals surface area contributed by atoms with Crippen molar-refractivity contribution in [2.24, 2.45) is 0 Å². The Labute approximate surface area is 91.8 Å². The summed E-state index contributed by atoms with van der Waals surface area (Å²) in [7, 11) is -3.54. The number of aromatic nitrogens is 1. The standard InChI is InChI=1S/C8H9N3O2S2/c9-3-4-15(12,13)11-8-10-7(5-14-8)6-1-2-6/h5-6H,1-2,4H2,(H,10,11). The predicted molar refractivity (Wildman–Crippen MR) is 57.1 cm³/mol. The highest BCUT2D eigenvalue weighted by Gasteiger charge is 2.26. The molecule has 0 atom stereocenters. The lowest BCUT2D eigenvalue weighted by Crippen LogP contribution is -2.15. The minimum absolute atomic E-state index is 0.354. The summed E-state index contributed by atoms with van der Waals surface area (Å²) in [6, 6.07) is 1.60. The summed E-state index contributed by atoms with van der Waals surface area (Å²) in [5, 5.41) is 10.5. The van der Waals surface area contributed by atoms with Gasteiger partial charge >= 0.3 is 0 Å². The summed E-state index contributed by atoms with van der Waals surface area (Å²) in [6.45, 7) is 0. The first-order chi connectivity index (χ1) is 7.11. The molecule has 1 aliphatic rings. The zero-order valence-electron chi connectivity index (χ0n) is 7.80. The molecule has 1 aliphatic carbocycles. The molecule has 0 spiro atoms. The Bertz CT molecular complexity index is 496. The van der Waals surface area contributed by atoms with Gasteiger partial charge in [0.1, 0.15) is 0 Å². The van der Waals surface area contributed by atoms with Crippen LogP contribution in [0, 0.1) is 11.3 Å². The first kappa shape index (κ1) is 10.4. The van der Waals surface area contributed by atoms with Gasteiger partial charge in [0.05, 0.1) is 11.8 Å². The van der Waals surface area contributed by atoms with Crippen molar-refractivity contribution < 1.29 is 8.42 Å². The second-order valence-corrected chi connectivity index (χ2v) is 5.95. The first-order valence-corrected chi connectivity index (χ1v) is 6.97. The van der Waals surface area contributed by atoms with Crippen molar-refractivity contribution in [3.05, 3.63) is 11.1 Å². The highest BCUT2D eigenvalue weighted by atomic mass is 32.2. The molecular weight excluding hydrogens is 234 g/mol. The largest absolute Gasteiger partial charge is 0.258 e. The maximum absolute atomic E-state index is 11.2. The van der Waals surface area contributed by atoms with Crippen LogP contribution in [0.2, 0.25) is 0 Å². The molecule has 1 heterocycles. The number of nitriles is 1. The van der Waals surface area contributed by atoms with E-state index in [1.807, 2.05) is 5.38 Å². The van der Waals surface area contributed by atoms with Gasteiger partial charge < -0.3 is 0 Å². The molecule has 1 saturated carbocycles. The SMILES string of the molecule is N#CCS(=O)(=O)Nc1nc(C2CC2)cs1. The number of sulfonamides is 1. The van der Waals surface area contributed by atoms with E-state index in [2.05, 4.69) is 9.71 Å². The molecule has 1 aromatic heterocycles. The Balaban J connectivity index is 2.07. The molecule has 1 aromatic rings. The van der Waals surface area contributed by atoms with Gasteiger partial charge in [-0.3, -0.25) is 4.72 Å². The highest BCUT2D eigenvalue weighted by molar-refractivity contribution is 7.93. The Kier molecular flexibility index (Phi) is 2.63. The van der Waals surface area contributed by atoms with E-state index < -0.39 is 15.8 Å². The van der Waals surface area contributed by atoms with Gasteiger partial charge in [-0.2, -0.15) is 5.26 Å². The van der Waals surface area contributed by atoms with Gasteiger partial charge in [0.15, 0.2) is 10.9 Å². The Morgan fingerprint density at radius 3 is 3.00 bits per heavy atom. The summed E-state index contributed by atoms with van der Waals surface area (Å²) < 4.78 is 24.7. The summed E-state index contributed by atoms with van der Waals surface area (Å²) >= 11 is 1.26. The lowest BCUT2D eigenvalue weighted by molar-refractivity contribution is 0.604. The van der Waals surface area contributed by atoms with Crippen molar-refractivity contribution in [2.45, 2.75) is 18.8 Å². The van der Waals surface area contributed by atoms with E-state index in [-0.39, 0.29) is 0 Å². The second-order valence-electron chi connectivity index (χ2n) is 3.37. The van der Waals surface area contributed by atoms with Crippen molar-refractivity contribution in [1.29, 1.82) is 5.26 Å². The topological polar surface area (TPSA) is 82.8 Å². The summed E-state index contributed by atoms with van der Waals surface area (Å²) in [5.74, 6) is -0.0267. The van der Waals surface area contributed by atoms with Crippen molar-refractivity contribution in [3.63, 3.8) is 0 Å². The molecule has 0 aliphatic heterocycles. The van der Waals surface area contributed by atoms with Gasteiger partial charge in [0.2, 0.25) is 10.0 Å². The molecular formula is C8H9N3O2S2. The molecule has 0 aromatic carbocycles. The fourth-order valence-corrected chi connectivity index (χ4v) is 2.92. The monoisotopic (exact) mass is 243 g/mol. The molecule has 0 amide bonds. The van der Waals surface area contributed by atoms with Crippen molar-refractivity contribution in [2.75, 3.05) is 10.5 Å². The molecule has 5 nitrogen and oxygen atoms in total. The number of hydrogen-bond acceptors (Lipinski definition) is 5. The average Bonchev–Trinajstić information content (AvgIpc) is 2.88. The second kappa shape index (κ2) is 3.79. The zero-order valence-corrected chi connectivity index (χ0v) is 9.44. The van der Waals surface area contributed by atoms with E-state index in [1.165, 1.54) is 11.3 Å². The predicted octanol–water partition coefficient (Wildman–Crippen LogP) is 1.29. The molecule has 2 rings (SSSR count). The van der Waals surface area contributed by atoms with Crippen molar-refractivity contribution in [3.8, 4) is 6.07 Å². The van der Waals surface area contributed by atoms with E-state index in [0.29, 0.717) is 11.0 Å². The average molecular weight is 243 g/mol. The third kappa shape index (κ3) is 2.67. The minimum Gasteiger partial charge on any atom is -0.258 e. The number of rotatable bonds is 4.